The molecule has 0 saturated carbocycles. The molecule has 0 aliphatic carbocycles. The second kappa shape index (κ2) is 7.77. The molecule has 2 aromatic carbocycles. The zero-order valence-corrected chi connectivity index (χ0v) is 16.5. The smallest absolute Gasteiger partial charge is 0.261 e. The third-order valence-electron chi connectivity index (χ3n) is 5.02. The van der Waals surface area contributed by atoms with Crippen molar-refractivity contribution in [2.75, 3.05) is 24.4 Å². The van der Waals surface area contributed by atoms with Crippen LogP contribution in [-0.2, 0) is 10.0 Å². The summed E-state index contributed by atoms with van der Waals surface area (Å²) in [6, 6.07) is 14.3. The van der Waals surface area contributed by atoms with Gasteiger partial charge in [0.2, 0.25) is 0 Å². The van der Waals surface area contributed by atoms with Crippen LogP contribution in [0.25, 0.3) is 11.3 Å². The predicted molar refractivity (Wildman–Crippen MR) is 109 cm³/mol. The lowest BCUT2D eigenvalue weighted by Gasteiger charge is -2.39. The fraction of sp³-hybridized carbons (Fsp3) is 0.286. The van der Waals surface area contributed by atoms with Crippen LogP contribution in [0.15, 0.2) is 70.5 Å². The second-order valence-corrected chi connectivity index (χ2v) is 8.76. The Balaban J connectivity index is 1.42. The Kier molecular flexibility index (Phi) is 5.19. The number of nitrogens with one attached hydrogen (secondary N) is 1. The molecule has 146 valence electrons. The maximum absolute atomic E-state index is 12.6. The number of anilines is 1. The third-order valence-corrected chi connectivity index (χ3v) is 6.42. The Labute approximate surface area is 165 Å². The van der Waals surface area contributed by atoms with Crippen LogP contribution in [0.1, 0.15) is 24.8 Å². The van der Waals surface area contributed by atoms with Crippen LogP contribution in [0.3, 0.4) is 0 Å². The van der Waals surface area contributed by atoms with Crippen LogP contribution >= 0.6 is 0 Å². The van der Waals surface area contributed by atoms with Crippen LogP contribution in [0.4, 0.5) is 5.69 Å². The molecule has 1 aromatic heterocycles. The molecule has 0 bridgehead atoms. The minimum Gasteiger partial charge on any atom is -0.451 e. The van der Waals surface area contributed by atoms with Gasteiger partial charge in [-0.15, -0.1) is 0 Å². The molecule has 1 fully saturated rings. The van der Waals surface area contributed by atoms with Gasteiger partial charge in [0.15, 0.2) is 6.39 Å². The van der Waals surface area contributed by atoms with Gasteiger partial charge in [0, 0.05) is 30.3 Å². The van der Waals surface area contributed by atoms with E-state index in [9.17, 15) is 8.42 Å². The third kappa shape index (κ3) is 3.95. The van der Waals surface area contributed by atoms with Crippen molar-refractivity contribution < 1.29 is 12.8 Å². The zero-order valence-electron chi connectivity index (χ0n) is 15.7. The van der Waals surface area contributed by atoms with Crippen LogP contribution < -0.4 is 4.72 Å². The van der Waals surface area contributed by atoms with E-state index in [4.69, 9.17) is 4.42 Å². The van der Waals surface area contributed by atoms with Crippen molar-refractivity contribution in [1.29, 1.82) is 0 Å². The van der Waals surface area contributed by atoms with Crippen molar-refractivity contribution in [3.05, 3.63) is 66.8 Å². The molecule has 4 rings (SSSR count). The quantitative estimate of drug-likeness (QED) is 0.653. The molecule has 6 nitrogen and oxygen atoms in total. The van der Waals surface area contributed by atoms with E-state index in [0.717, 1.165) is 25.2 Å². The van der Waals surface area contributed by atoms with Gasteiger partial charge in [0.05, 0.1) is 4.90 Å². The van der Waals surface area contributed by atoms with Crippen molar-refractivity contribution in [1.82, 2.24) is 9.88 Å². The predicted octanol–water partition coefficient (Wildman–Crippen LogP) is 3.95. The fourth-order valence-corrected chi connectivity index (χ4v) is 4.54. The first-order chi connectivity index (χ1) is 13.5. The van der Waals surface area contributed by atoms with Crippen molar-refractivity contribution in [3.63, 3.8) is 0 Å². The largest absolute Gasteiger partial charge is 0.451 e. The van der Waals surface area contributed by atoms with Crippen molar-refractivity contribution in [2.45, 2.75) is 24.2 Å². The highest BCUT2D eigenvalue weighted by atomic mass is 32.2. The van der Waals surface area contributed by atoms with Gasteiger partial charge in [-0.3, -0.25) is 4.72 Å². The number of hydrogen-bond acceptors (Lipinski definition) is 5. The van der Waals surface area contributed by atoms with E-state index in [1.807, 2.05) is 24.3 Å². The van der Waals surface area contributed by atoms with E-state index in [-0.39, 0.29) is 4.90 Å². The Morgan fingerprint density at radius 2 is 1.82 bits per heavy atom. The first-order valence-corrected chi connectivity index (χ1v) is 10.9. The summed E-state index contributed by atoms with van der Waals surface area (Å²) in [6.45, 7) is 5.49. The van der Waals surface area contributed by atoms with Crippen molar-refractivity contribution in [3.8, 4) is 11.3 Å². The van der Waals surface area contributed by atoms with E-state index in [1.54, 1.807) is 24.3 Å². The van der Waals surface area contributed by atoms with Crippen LogP contribution in [0, 0.1) is 0 Å². The van der Waals surface area contributed by atoms with E-state index in [2.05, 4.69) is 21.5 Å². The van der Waals surface area contributed by atoms with Gasteiger partial charge in [-0.2, -0.15) is 0 Å². The van der Waals surface area contributed by atoms with Gasteiger partial charge >= 0.3 is 0 Å². The van der Waals surface area contributed by atoms with E-state index in [0.29, 0.717) is 17.3 Å². The molecule has 2 heterocycles. The summed E-state index contributed by atoms with van der Waals surface area (Å²) in [4.78, 5) is 6.70. The molecule has 0 radical (unpaired) electrons. The number of aromatic nitrogens is 1. The van der Waals surface area contributed by atoms with Gasteiger partial charge in [0.25, 0.3) is 10.0 Å². The Morgan fingerprint density at radius 3 is 2.43 bits per heavy atom. The highest BCUT2D eigenvalue weighted by Crippen LogP contribution is 2.28. The maximum Gasteiger partial charge on any atom is 0.261 e. The van der Waals surface area contributed by atoms with Gasteiger partial charge in [-0.05, 0) is 42.8 Å². The number of benzene rings is 2. The minimum absolute atomic E-state index is 0.207. The average Bonchev–Trinajstić information content (AvgIpc) is 3.20. The minimum atomic E-state index is -3.64. The molecule has 0 spiro atoms. The van der Waals surface area contributed by atoms with E-state index in [1.165, 1.54) is 24.6 Å². The summed E-state index contributed by atoms with van der Waals surface area (Å²) in [5, 5.41) is 0. The molecular weight excluding hydrogens is 374 g/mol. The summed E-state index contributed by atoms with van der Waals surface area (Å²) in [7, 11) is -3.64. The summed E-state index contributed by atoms with van der Waals surface area (Å²) in [6.07, 6.45) is 4.04. The topological polar surface area (TPSA) is 75.4 Å². The number of nitrogens with zero attached hydrogens (tertiary/aromatic N) is 2. The summed E-state index contributed by atoms with van der Waals surface area (Å²) in [5.41, 5.74) is 3.29. The van der Waals surface area contributed by atoms with E-state index < -0.39 is 10.0 Å². The number of hydrogen-bond donors (Lipinski definition) is 1. The number of oxazole rings is 1. The molecular formula is C21H23N3O3S. The normalized spacial score (nSPS) is 15.3. The molecule has 3 aromatic rings. The van der Waals surface area contributed by atoms with Crippen LogP contribution in [-0.4, -0.2) is 37.9 Å². The van der Waals surface area contributed by atoms with Gasteiger partial charge in [0.1, 0.15) is 12.0 Å². The number of sulfonamides is 1. The maximum atomic E-state index is 12.6. The molecule has 0 amide bonds. The van der Waals surface area contributed by atoms with Crippen LogP contribution in [0.5, 0.6) is 0 Å². The lowest BCUT2D eigenvalue weighted by molar-refractivity contribution is 0.149. The molecule has 0 atom stereocenters. The molecule has 28 heavy (non-hydrogen) atoms. The number of rotatable bonds is 7. The first kappa shape index (κ1) is 18.7. The molecule has 1 aliphatic rings. The van der Waals surface area contributed by atoms with Gasteiger partial charge in [-0.1, -0.05) is 31.2 Å². The molecule has 1 saturated heterocycles. The Bertz CT molecular complexity index is 1010. The van der Waals surface area contributed by atoms with Crippen LogP contribution in [0.2, 0.25) is 0 Å². The second-order valence-electron chi connectivity index (χ2n) is 7.08. The standard InChI is InChI=1S/C21H23N3O3S/c1-2-11-24-12-18(13-24)16-3-7-19(8-4-16)23-28(25,26)20-9-5-17(6-10-20)21-14-27-15-22-21/h3-10,14-15,18,23H,2,11-13H2,1H3. The Morgan fingerprint density at radius 1 is 1.11 bits per heavy atom. The summed E-state index contributed by atoms with van der Waals surface area (Å²) >= 11 is 0. The van der Waals surface area contributed by atoms with Crippen molar-refractivity contribution >= 4 is 15.7 Å². The monoisotopic (exact) mass is 397 g/mol. The Hall–Kier alpha value is -2.64. The highest BCUT2D eigenvalue weighted by Gasteiger charge is 2.27. The zero-order chi connectivity index (χ0) is 19.6. The molecule has 1 aliphatic heterocycles. The molecule has 1 N–H and O–H groups in total. The lowest BCUT2D eigenvalue weighted by atomic mass is 9.91. The summed E-state index contributed by atoms with van der Waals surface area (Å²) < 4.78 is 32.9. The molecule has 7 heteroatoms. The average molecular weight is 398 g/mol. The number of likely N-dealkylation sites (tertiary alicyclic amines) is 1. The molecule has 0 unspecified atom stereocenters. The van der Waals surface area contributed by atoms with Gasteiger partial charge < -0.3 is 9.32 Å². The lowest BCUT2D eigenvalue weighted by Crippen LogP contribution is -2.45. The summed E-state index contributed by atoms with van der Waals surface area (Å²) in [5.74, 6) is 0.543. The fourth-order valence-electron chi connectivity index (χ4n) is 3.48. The van der Waals surface area contributed by atoms with Gasteiger partial charge in [-0.25, -0.2) is 13.4 Å². The first-order valence-electron chi connectivity index (χ1n) is 9.39. The highest BCUT2D eigenvalue weighted by molar-refractivity contribution is 7.92. The van der Waals surface area contributed by atoms with E-state index >= 15 is 0 Å². The van der Waals surface area contributed by atoms with Crippen molar-refractivity contribution in [2.24, 2.45) is 0 Å². The SMILES string of the molecule is CCCN1CC(c2ccc(NS(=O)(=O)c3ccc(-c4cocn4)cc3)cc2)C1.